The number of halogens is 3. The van der Waals surface area contributed by atoms with Crippen molar-refractivity contribution in [3.8, 4) is 0 Å². The average molecular weight is 458 g/mol. The number of fused-ring (bicyclic) bond motifs is 2. The van der Waals surface area contributed by atoms with E-state index in [0.717, 1.165) is 17.2 Å². The molecule has 0 radical (unpaired) electrons. The molecule has 0 aromatic carbocycles. The Labute approximate surface area is 122 Å². The molecule has 0 spiro atoms. The van der Waals surface area contributed by atoms with Gasteiger partial charge < -0.3 is 5.11 Å². The summed E-state index contributed by atoms with van der Waals surface area (Å²) in [5, 5.41) is 9.48. The molecule has 1 nitrogen and oxygen atoms in total. The molecule has 0 amide bonds. The fourth-order valence-electron chi connectivity index (χ4n) is 2.04. The van der Waals surface area contributed by atoms with Crippen LogP contribution >= 0.6 is 21.6 Å². The van der Waals surface area contributed by atoms with Crippen LogP contribution in [0.1, 0.15) is 39.5 Å². The Balaban J connectivity index is 0.000000811. The van der Waals surface area contributed by atoms with Crippen molar-refractivity contribution in [3.05, 3.63) is 0 Å². The second-order valence-corrected chi connectivity index (χ2v) is 6.57. The Morgan fingerprint density at radius 1 is 1.24 bits per heavy atom. The van der Waals surface area contributed by atoms with Crippen LogP contribution in [0.5, 0.6) is 0 Å². The maximum Gasteiger partial charge on any atom is 0.406 e. The van der Waals surface area contributed by atoms with Gasteiger partial charge in [0.2, 0.25) is 0 Å². The predicted octanol–water partition coefficient (Wildman–Crippen LogP) is 4.01. The topological polar surface area (TPSA) is 20.2 Å². The molecular formula is C10H17F3OS2W. The van der Waals surface area contributed by atoms with Crippen LogP contribution in [0.4, 0.5) is 13.2 Å². The van der Waals surface area contributed by atoms with Crippen molar-refractivity contribution in [2.24, 2.45) is 0 Å². The van der Waals surface area contributed by atoms with Crippen molar-refractivity contribution in [2.75, 3.05) is 0 Å². The van der Waals surface area contributed by atoms with Crippen molar-refractivity contribution in [1.29, 1.82) is 0 Å². The SMILES string of the molecule is CC.OC1C2CCCCC1(C(F)(F)F)SS2.[W]. The molecule has 17 heavy (non-hydrogen) atoms. The van der Waals surface area contributed by atoms with Crippen LogP contribution in [-0.4, -0.2) is 27.4 Å². The largest absolute Gasteiger partial charge is 0.406 e. The molecule has 3 unspecified atom stereocenters. The summed E-state index contributed by atoms with van der Waals surface area (Å²) in [6.07, 6.45) is -3.38. The number of aliphatic hydroxyl groups excluding tert-OH is 1. The smallest absolute Gasteiger partial charge is 0.390 e. The molecule has 2 aliphatic rings. The first-order valence-electron chi connectivity index (χ1n) is 5.57. The van der Waals surface area contributed by atoms with E-state index in [1.54, 1.807) is 0 Å². The Bertz CT molecular complexity index is 240. The van der Waals surface area contributed by atoms with Gasteiger partial charge >= 0.3 is 6.18 Å². The molecule has 1 N–H and O–H groups in total. The molecule has 1 aliphatic carbocycles. The van der Waals surface area contributed by atoms with Gasteiger partial charge in [0, 0.05) is 26.3 Å². The third-order valence-corrected chi connectivity index (χ3v) is 6.65. The normalized spacial score (nSPS) is 36.4. The van der Waals surface area contributed by atoms with Gasteiger partial charge in [0.25, 0.3) is 0 Å². The molecule has 0 aromatic heterocycles. The third kappa shape index (κ3) is 3.37. The fraction of sp³-hybridized carbons (Fsp3) is 1.00. The van der Waals surface area contributed by atoms with Crippen LogP contribution < -0.4 is 0 Å². The Morgan fingerprint density at radius 2 is 1.82 bits per heavy atom. The Hall–Kier alpha value is 1.14. The summed E-state index contributed by atoms with van der Waals surface area (Å²) in [5.74, 6) is 0. The third-order valence-electron chi connectivity index (χ3n) is 2.92. The molecule has 3 atom stereocenters. The van der Waals surface area contributed by atoms with Crippen molar-refractivity contribution in [2.45, 2.75) is 61.8 Å². The summed E-state index contributed by atoms with van der Waals surface area (Å²) >= 11 is 0. The van der Waals surface area contributed by atoms with Crippen molar-refractivity contribution >= 4 is 21.6 Å². The number of hydrogen-bond donors (Lipinski definition) is 1. The summed E-state index contributed by atoms with van der Waals surface area (Å²) in [7, 11) is 2.04. The van der Waals surface area contributed by atoms with E-state index in [1.165, 1.54) is 10.8 Å². The number of hydrogen-bond acceptors (Lipinski definition) is 3. The number of rotatable bonds is 0. The molecule has 102 valence electrons. The molecule has 1 heterocycles. The summed E-state index contributed by atoms with van der Waals surface area (Å²) < 4.78 is 36.7. The maximum absolute atomic E-state index is 12.9. The minimum absolute atomic E-state index is 0. The zero-order chi connectivity index (χ0) is 12.4. The molecular weight excluding hydrogens is 441 g/mol. The van der Waals surface area contributed by atoms with Crippen LogP contribution in [0, 0.1) is 0 Å². The standard InChI is InChI=1S/C8H11F3OS2.C2H6.W/c9-8(10,11)7-4-2-1-3-5(6(7)12)13-14-7;1-2;/h5-6,12H,1-4H2;1-2H3;. The Morgan fingerprint density at radius 3 is 2.35 bits per heavy atom. The first-order valence-corrected chi connectivity index (χ1v) is 7.78. The first-order chi connectivity index (χ1) is 7.47. The van der Waals surface area contributed by atoms with E-state index in [4.69, 9.17) is 0 Å². The molecule has 1 aliphatic heterocycles. The van der Waals surface area contributed by atoms with E-state index in [1.807, 2.05) is 13.8 Å². The van der Waals surface area contributed by atoms with E-state index in [9.17, 15) is 18.3 Å². The summed E-state index contributed by atoms with van der Waals surface area (Å²) in [6.45, 7) is 4.00. The van der Waals surface area contributed by atoms with Crippen LogP contribution in [-0.2, 0) is 21.1 Å². The van der Waals surface area contributed by atoms with Gasteiger partial charge in [-0.2, -0.15) is 13.2 Å². The summed E-state index contributed by atoms with van der Waals surface area (Å²) in [4.78, 5) is 0. The van der Waals surface area contributed by atoms with Gasteiger partial charge in [-0.1, -0.05) is 48.3 Å². The van der Waals surface area contributed by atoms with Gasteiger partial charge in [0.05, 0.1) is 6.10 Å². The molecule has 7 heteroatoms. The van der Waals surface area contributed by atoms with Gasteiger partial charge in [0.1, 0.15) is 4.75 Å². The number of aliphatic hydroxyl groups is 1. The van der Waals surface area contributed by atoms with Gasteiger partial charge in [0.15, 0.2) is 0 Å². The van der Waals surface area contributed by atoms with Crippen molar-refractivity contribution < 1.29 is 39.3 Å². The summed E-state index contributed by atoms with van der Waals surface area (Å²) in [6, 6.07) is 0. The van der Waals surface area contributed by atoms with Crippen LogP contribution in [0.25, 0.3) is 0 Å². The number of alkyl halides is 3. The van der Waals surface area contributed by atoms with Gasteiger partial charge in [-0.15, -0.1) is 0 Å². The van der Waals surface area contributed by atoms with E-state index >= 15 is 0 Å². The molecule has 1 saturated heterocycles. The van der Waals surface area contributed by atoms with E-state index in [0.29, 0.717) is 12.8 Å². The second kappa shape index (κ2) is 7.06. The van der Waals surface area contributed by atoms with E-state index in [2.05, 4.69) is 0 Å². The average Bonchev–Trinajstić information content (AvgIpc) is 2.40. The quantitative estimate of drug-likeness (QED) is 0.555. The van der Waals surface area contributed by atoms with Gasteiger partial charge in [-0.05, 0) is 12.8 Å². The van der Waals surface area contributed by atoms with Gasteiger partial charge in [-0.25, -0.2) is 0 Å². The minimum Gasteiger partial charge on any atom is -0.390 e. The molecule has 1 saturated carbocycles. The van der Waals surface area contributed by atoms with Crippen LogP contribution in [0.15, 0.2) is 0 Å². The Kier molecular flexibility index (Phi) is 7.54. The second-order valence-electron chi connectivity index (χ2n) is 3.80. The monoisotopic (exact) mass is 458 g/mol. The molecule has 2 rings (SSSR count). The zero-order valence-corrected chi connectivity index (χ0v) is 14.4. The minimum atomic E-state index is -4.29. The summed E-state index contributed by atoms with van der Waals surface area (Å²) in [5.41, 5.74) is 0. The zero-order valence-electron chi connectivity index (χ0n) is 9.79. The molecule has 0 aromatic rings. The van der Waals surface area contributed by atoms with Crippen LogP contribution in [0.2, 0.25) is 0 Å². The van der Waals surface area contributed by atoms with E-state index in [-0.39, 0.29) is 32.7 Å². The molecule has 2 bridgehead atoms. The van der Waals surface area contributed by atoms with Crippen molar-refractivity contribution in [1.82, 2.24) is 0 Å². The predicted molar refractivity (Wildman–Crippen MR) is 63.6 cm³/mol. The molecule has 2 fully saturated rings. The van der Waals surface area contributed by atoms with E-state index < -0.39 is 17.0 Å². The van der Waals surface area contributed by atoms with Gasteiger partial charge in [-0.3, -0.25) is 0 Å². The van der Waals surface area contributed by atoms with Crippen molar-refractivity contribution in [3.63, 3.8) is 0 Å². The first kappa shape index (κ1) is 18.1. The maximum atomic E-state index is 12.9. The fourth-order valence-corrected chi connectivity index (χ4v) is 5.92. The van der Waals surface area contributed by atoms with Crippen LogP contribution in [0.3, 0.4) is 0 Å².